The Bertz CT molecular complexity index is 223. The first-order chi connectivity index (χ1) is 8.74. The minimum absolute atomic E-state index is 0.153. The van der Waals surface area contributed by atoms with E-state index < -0.39 is 0 Å². The number of rotatable bonds is 6. The SMILES string of the molecule is CCCCCCC(C)NC(=O)N1CCCCCC1. The summed E-state index contributed by atoms with van der Waals surface area (Å²) in [7, 11) is 0. The number of carbonyl (C=O) groups is 1. The zero-order chi connectivity index (χ0) is 13.2. The lowest BCUT2D eigenvalue weighted by Crippen LogP contribution is -2.44. The molecule has 0 spiro atoms. The molecule has 2 amide bonds. The van der Waals surface area contributed by atoms with Crippen LogP contribution in [0.2, 0.25) is 0 Å². The van der Waals surface area contributed by atoms with E-state index in [-0.39, 0.29) is 6.03 Å². The highest BCUT2D eigenvalue weighted by molar-refractivity contribution is 5.74. The van der Waals surface area contributed by atoms with Crippen LogP contribution in [0.5, 0.6) is 0 Å². The predicted molar refractivity (Wildman–Crippen MR) is 76.8 cm³/mol. The van der Waals surface area contributed by atoms with Gasteiger partial charge in [0.25, 0.3) is 0 Å². The maximum atomic E-state index is 12.1. The molecule has 1 unspecified atom stereocenters. The number of unbranched alkanes of at least 4 members (excludes halogenated alkanes) is 3. The van der Waals surface area contributed by atoms with E-state index in [0.717, 1.165) is 32.4 Å². The van der Waals surface area contributed by atoms with Crippen LogP contribution in [0.1, 0.15) is 71.6 Å². The van der Waals surface area contributed by atoms with Gasteiger partial charge in [0.15, 0.2) is 0 Å². The molecular formula is C15H30N2O. The molecule has 3 heteroatoms. The maximum absolute atomic E-state index is 12.1. The molecule has 0 aromatic heterocycles. The van der Waals surface area contributed by atoms with Crippen LogP contribution in [0.3, 0.4) is 0 Å². The zero-order valence-electron chi connectivity index (χ0n) is 12.2. The first-order valence-electron chi connectivity index (χ1n) is 7.79. The molecule has 1 N–H and O–H groups in total. The summed E-state index contributed by atoms with van der Waals surface area (Å²) in [6.07, 6.45) is 11.1. The Morgan fingerprint density at radius 1 is 1.11 bits per heavy atom. The molecule has 1 fully saturated rings. The lowest BCUT2D eigenvalue weighted by Gasteiger charge is -2.23. The Balaban J connectivity index is 2.17. The van der Waals surface area contributed by atoms with E-state index in [9.17, 15) is 4.79 Å². The van der Waals surface area contributed by atoms with Crippen LogP contribution in [0.25, 0.3) is 0 Å². The van der Waals surface area contributed by atoms with Gasteiger partial charge < -0.3 is 10.2 Å². The number of urea groups is 1. The minimum atomic E-state index is 0.153. The summed E-state index contributed by atoms with van der Waals surface area (Å²) in [4.78, 5) is 14.1. The fraction of sp³-hybridized carbons (Fsp3) is 0.933. The van der Waals surface area contributed by atoms with Gasteiger partial charge in [0.05, 0.1) is 0 Å². The molecule has 0 radical (unpaired) electrons. The Hall–Kier alpha value is -0.730. The van der Waals surface area contributed by atoms with Crippen molar-refractivity contribution in [3.63, 3.8) is 0 Å². The Morgan fingerprint density at radius 2 is 1.78 bits per heavy atom. The van der Waals surface area contributed by atoms with Gasteiger partial charge in [0.2, 0.25) is 0 Å². The zero-order valence-corrected chi connectivity index (χ0v) is 12.2. The molecule has 0 aliphatic carbocycles. The Kier molecular flexibility index (Phi) is 7.86. The average Bonchev–Trinajstić information content (AvgIpc) is 2.63. The number of carbonyl (C=O) groups excluding carboxylic acids is 1. The molecule has 1 heterocycles. The van der Waals surface area contributed by atoms with Gasteiger partial charge in [-0.3, -0.25) is 0 Å². The fourth-order valence-electron chi connectivity index (χ4n) is 2.53. The summed E-state index contributed by atoms with van der Waals surface area (Å²) >= 11 is 0. The molecule has 1 atom stereocenters. The third-order valence-electron chi connectivity index (χ3n) is 3.75. The van der Waals surface area contributed by atoms with Gasteiger partial charge >= 0.3 is 6.03 Å². The molecule has 1 rings (SSSR count). The average molecular weight is 254 g/mol. The molecule has 1 aliphatic heterocycles. The number of hydrogen-bond donors (Lipinski definition) is 1. The summed E-state index contributed by atoms with van der Waals surface area (Å²) in [5.41, 5.74) is 0. The Morgan fingerprint density at radius 3 is 2.39 bits per heavy atom. The number of hydrogen-bond acceptors (Lipinski definition) is 1. The van der Waals surface area contributed by atoms with Crippen molar-refractivity contribution in [2.24, 2.45) is 0 Å². The van der Waals surface area contributed by atoms with Crippen LogP contribution in [-0.2, 0) is 0 Å². The van der Waals surface area contributed by atoms with E-state index in [1.807, 2.05) is 4.90 Å². The molecular weight excluding hydrogens is 224 g/mol. The molecule has 1 saturated heterocycles. The van der Waals surface area contributed by atoms with Crippen molar-refractivity contribution in [3.8, 4) is 0 Å². The number of likely N-dealkylation sites (tertiary alicyclic amines) is 1. The van der Waals surface area contributed by atoms with E-state index in [2.05, 4.69) is 19.2 Å². The van der Waals surface area contributed by atoms with Gasteiger partial charge in [-0.2, -0.15) is 0 Å². The highest BCUT2D eigenvalue weighted by Gasteiger charge is 2.16. The van der Waals surface area contributed by atoms with Gasteiger partial charge in [-0.15, -0.1) is 0 Å². The monoisotopic (exact) mass is 254 g/mol. The second kappa shape index (κ2) is 9.23. The van der Waals surface area contributed by atoms with E-state index >= 15 is 0 Å². The van der Waals surface area contributed by atoms with Crippen molar-refractivity contribution in [3.05, 3.63) is 0 Å². The molecule has 0 aromatic carbocycles. The standard InChI is InChI=1S/C15H30N2O/c1-3-4-5-8-11-14(2)16-15(18)17-12-9-6-7-10-13-17/h14H,3-13H2,1-2H3,(H,16,18). The smallest absolute Gasteiger partial charge is 0.317 e. The lowest BCUT2D eigenvalue weighted by atomic mass is 10.1. The summed E-state index contributed by atoms with van der Waals surface area (Å²) in [5, 5.41) is 3.14. The highest BCUT2D eigenvalue weighted by atomic mass is 16.2. The summed E-state index contributed by atoms with van der Waals surface area (Å²) in [5.74, 6) is 0. The number of nitrogens with one attached hydrogen (secondary N) is 1. The summed E-state index contributed by atoms with van der Waals surface area (Å²) < 4.78 is 0. The van der Waals surface area contributed by atoms with E-state index in [4.69, 9.17) is 0 Å². The number of amides is 2. The first kappa shape index (κ1) is 15.3. The van der Waals surface area contributed by atoms with Gasteiger partial charge in [-0.1, -0.05) is 45.4 Å². The van der Waals surface area contributed by atoms with E-state index in [0.29, 0.717) is 6.04 Å². The number of nitrogens with zero attached hydrogens (tertiary/aromatic N) is 1. The van der Waals surface area contributed by atoms with Gasteiger partial charge in [0, 0.05) is 19.1 Å². The quantitative estimate of drug-likeness (QED) is 0.716. The van der Waals surface area contributed by atoms with Crippen molar-refractivity contribution in [1.29, 1.82) is 0 Å². The molecule has 18 heavy (non-hydrogen) atoms. The molecule has 0 bridgehead atoms. The van der Waals surface area contributed by atoms with Crippen molar-refractivity contribution >= 4 is 6.03 Å². The molecule has 106 valence electrons. The third kappa shape index (κ3) is 6.27. The molecule has 1 aliphatic rings. The Labute approximate surface area is 112 Å². The molecule has 0 aromatic rings. The van der Waals surface area contributed by atoms with E-state index in [1.54, 1.807) is 0 Å². The predicted octanol–water partition coefficient (Wildman–Crippen LogP) is 3.93. The van der Waals surface area contributed by atoms with Crippen LogP contribution in [0.15, 0.2) is 0 Å². The highest BCUT2D eigenvalue weighted by Crippen LogP contribution is 2.10. The van der Waals surface area contributed by atoms with Crippen LogP contribution >= 0.6 is 0 Å². The van der Waals surface area contributed by atoms with Crippen LogP contribution in [0, 0.1) is 0 Å². The van der Waals surface area contributed by atoms with E-state index in [1.165, 1.54) is 38.5 Å². The van der Waals surface area contributed by atoms with Crippen LogP contribution in [0.4, 0.5) is 4.79 Å². The van der Waals surface area contributed by atoms with Gasteiger partial charge in [-0.05, 0) is 26.2 Å². The van der Waals surface area contributed by atoms with Crippen molar-refractivity contribution < 1.29 is 4.79 Å². The fourth-order valence-corrected chi connectivity index (χ4v) is 2.53. The van der Waals surface area contributed by atoms with Crippen molar-refractivity contribution in [2.75, 3.05) is 13.1 Å². The largest absolute Gasteiger partial charge is 0.336 e. The van der Waals surface area contributed by atoms with Crippen molar-refractivity contribution in [2.45, 2.75) is 77.7 Å². The van der Waals surface area contributed by atoms with Gasteiger partial charge in [-0.25, -0.2) is 4.79 Å². The second-order valence-electron chi connectivity index (χ2n) is 5.60. The van der Waals surface area contributed by atoms with Crippen molar-refractivity contribution in [1.82, 2.24) is 10.2 Å². The minimum Gasteiger partial charge on any atom is -0.336 e. The first-order valence-corrected chi connectivity index (χ1v) is 7.79. The van der Waals surface area contributed by atoms with Gasteiger partial charge in [0.1, 0.15) is 0 Å². The molecule has 0 saturated carbocycles. The summed E-state index contributed by atoms with van der Waals surface area (Å²) in [6, 6.07) is 0.470. The third-order valence-corrected chi connectivity index (χ3v) is 3.75. The summed E-state index contributed by atoms with van der Waals surface area (Å²) in [6.45, 7) is 6.23. The van der Waals surface area contributed by atoms with Crippen LogP contribution in [-0.4, -0.2) is 30.1 Å². The molecule has 3 nitrogen and oxygen atoms in total. The second-order valence-corrected chi connectivity index (χ2v) is 5.60. The normalized spacial score (nSPS) is 18.2. The van der Waals surface area contributed by atoms with Crippen LogP contribution < -0.4 is 5.32 Å². The maximum Gasteiger partial charge on any atom is 0.317 e. The lowest BCUT2D eigenvalue weighted by molar-refractivity contribution is 0.195. The topological polar surface area (TPSA) is 32.3 Å².